The van der Waals surface area contributed by atoms with Gasteiger partial charge in [-0.1, -0.05) is 11.6 Å². The first-order chi connectivity index (χ1) is 9.85. The van der Waals surface area contributed by atoms with Gasteiger partial charge in [-0.15, -0.1) is 11.3 Å². The number of nitrogens with two attached hydrogens (primary N) is 1. The summed E-state index contributed by atoms with van der Waals surface area (Å²) in [7, 11) is 0. The average Bonchev–Trinajstić information content (AvgIpc) is 2.70. The van der Waals surface area contributed by atoms with E-state index < -0.39 is 22.6 Å². The maximum absolute atomic E-state index is 13.2. The van der Waals surface area contributed by atoms with Crippen molar-refractivity contribution in [3.05, 3.63) is 44.8 Å². The molecule has 0 aliphatic heterocycles. The number of hydrogen-bond donors (Lipinski definition) is 2. The normalized spacial score (nSPS) is 10.2. The van der Waals surface area contributed by atoms with E-state index in [1.807, 2.05) is 6.07 Å². The predicted octanol–water partition coefficient (Wildman–Crippen LogP) is 3.69. The quantitative estimate of drug-likeness (QED) is 0.825. The fraction of sp³-hybridized carbons (Fsp3) is 0.0769. The van der Waals surface area contributed by atoms with Crippen LogP contribution in [0.15, 0.2) is 12.1 Å². The molecule has 0 atom stereocenters. The first-order valence-electron chi connectivity index (χ1n) is 5.60. The van der Waals surface area contributed by atoms with Crippen LogP contribution in [0.25, 0.3) is 0 Å². The van der Waals surface area contributed by atoms with Gasteiger partial charge in [-0.2, -0.15) is 5.26 Å². The molecule has 0 spiro atoms. The van der Waals surface area contributed by atoms with E-state index in [0.29, 0.717) is 5.56 Å². The molecule has 2 rings (SSSR count). The second-order valence-corrected chi connectivity index (χ2v) is 5.57. The van der Waals surface area contributed by atoms with Crippen LogP contribution in [0.2, 0.25) is 5.02 Å². The van der Waals surface area contributed by atoms with Crippen molar-refractivity contribution in [2.45, 2.75) is 6.92 Å². The highest BCUT2D eigenvalue weighted by molar-refractivity contribution is 7.18. The summed E-state index contributed by atoms with van der Waals surface area (Å²) in [4.78, 5) is 12.3. The molecule has 1 aromatic heterocycles. The summed E-state index contributed by atoms with van der Waals surface area (Å²) in [5.74, 6) is -2.93. The summed E-state index contributed by atoms with van der Waals surface area (Å²) in [5, 5.41) is 11.1. The van der Waals surface area contributed by atoms with Gasteiger partial charge in [0.05, 0.1) is 15.5 Å². The van der Waals surface area contributed by atoms with E-state index in [4.69, 9.17) is 22.6 Å². The number of nitrogen functional groups attached to an aromatic ring is 1. The Bertz CT molecular complexity index is 759. The Kier molecular flexibility index (Phi) is 4.11. The number of carbonyl (C=O) groups is 1. The zero-order valence-electron chi connectivity index (χ0n) is 10.6. The smallest absolute Gasteiger partial charge is 0.266 e. The van der Waals surface area contributed by atoms with Gasteiger partial charge in [-0.05, 0) is 18.6 Å². The molecule has 1 heterocycles. The maximum Gasteiger partial charge on any atom is 0.266 e. The summed E-state index contributed by atoms with van der Waals surface area (Å²) >= 11 is 6.45. The fourth-order valence-corrected chi connectivity index (χ4v) is 2.83. The molecule has 0 aliphatic rings. The number of nitrogens with one attached hydrogen (secondary N) is 1. The molecule has 8 heteroatoms. The molecular formula is C13H8ClF2N3OS. The largest absolute Gasteiger partial charge is 0.389 e. The lowest BCUT2D eigenvalue weighted by atomic mass is 10.1. The van der Waals surface area contributed by atoms with Gasteiger partial charge < -0.3 is 11.1 Å². The lowest BCUT2D eigenvalue weighted by Crippen LogP contribution is -2.12. The number of halogens is 3. The van der Waals surface area contributed by atoms with Crippen LogP contribution < -0.4 is 11.1 Å². The van der Waals surface area contributed by atoms with Crippen LogP contribution in [0.1, 0.15) is 20.8 Å². The Morgan fingerprint density at radius 1 is 1.48 bits per heavy atom. The number of amides is 1. The van der Waals surface area contributed by atoms with Crippen LogP contribution in [0, 0.1) is 29.9 Å². The van der Waals surface area contributed by atoms with E-state index in [0.717, 1.165) is 23.5 Å². The van der Waals surface area contributed by atoms with Crippen LogP contribution >= 0.6 is 22.9 Å². The minimum Gasteiger partial charge on any atom is -0.389 e. The Morgan fingerprint density at radius 2 is 2.14 bits per heavy atom. The van der Waals surface area contributed by atoms with Crippen LogP contribution in [0.5, 0.6) is 0 Å². The molecule has 0 bridgehead atoms. The van der Waals surface area contributed by atoms with Crippen molar-refractivity contribution in [3.8, 4) is 6.07 Å². The molecule has 4 nitrogen and oxygen atoms in total. The van der Waals surface area contributed by atoms with Gasteiger partial charge in [0.15, 0.2) is 11.6 Å². The van der Waals surface area contributed by atoms with E-state index in [-0.39, 0.29) is 21.1 Å². The highest BCUT2D eigenvalue weighted by atomic mass is 35.5. The molecule has 3 N–H and O–H groups in total. The fourth-order valence-electron chi connectivity index (χ4n) is 1.71. The van der Waals surface area contributed by atoms with Crippen LogP contribution in [0.3, 0.4) is 0 Å². The van der Waals surface area contributed by atoms with E-state index in [1.165, 1.54) is 0 Å². The van der Waals surface area contributed by atoms with Gasteiger partial charge in [-0.25, -0.2) is 8.78 Å². The summed E-state index contributed by atoms with van der Waals surface area (Å²) < 4.78 is 26.3. The van der Waals surface area contributed by atoms with E-state index in [9.17, 15) is 13.6 Å². The number of nitriles is 1. The number of nitrogens with zero attached hydrogens (tertiary/aromatic N) is 1. The first kappa shape index (κ1) is 15.2. The van der Waals surface area contributed by atoms with Gasteiger partial charge >= 0.3 is 0 Å². The molecule has 0 saturated carbocycles. The molecule has 108 valence electrons. The zero-order valence-corrected chi connectivity index (χ0v) is 12.2. The number of hydrogen-bond acceptors (Lipinski definition) is 4. The van der Waals surface area contributed by atoms with Crippen molar-refractivity contribution in [1.82, 2.24) is 0 Å². The Balaban J connectivity index is 2.33. The maximum atomic E-state index is 13.2. The minimum absolute atomic E-state index is 0.00813. The van der Waals surface area contributed by atoms with Crippen LogP contribution in [-0.2, 0) is 0 Å². The number of anilines is 2. The molecular weight excluding hydrogens is 320 g/mol. The molecule has 1 amide bonds. The lowest BCUT2D eigenvalue weighted by molar-refractivity contribution is 0.103. The van der Waals surface area contributed by atoms with Gasteiger partial charge in [0, 0.05) is 11.8 Å². The molecule has 0 unspecified atom stereocenters. The molecule has 0 aliphatic carbocycles. The van der Waals surface area contributed by atoms with Gasteiger partial charge in [0.25, 0.3) is 5.91 Å². The second kappa shape index (κ2) is 5.68. The topological polar surface area (TPSA) is 78.9 Å². The third-order valence-electron chi connectivity index (χ3n) is 2.73. The second-order valence-electron chi connectivity index (χ2n) is 4.12. The Labute approximate surface area is 127 Å². The predicted molar refractivity (Wildman–Crippen MR) is 77.5 cm³/mol. The highest BCUT2D eigenvalue weighted by Crippen LogP contribution is 2.31. The van der Waals surface area contributed by atoms with Crippen molar-refractivity contribution in [2.75, 3.05) is 11.1 Å². The number of carbonyl (C=O) groups excluding carboxylic acids is 1. The minimum atomic E-state index is -1.18. The van der Waals surface area contributed by atoms with Crippen molar-refractivity contribution in [3.63, 3.8) is 0 Å². The standard InChI is InChI=1S/C13H8ClF2N3OS/c1-5-7(4-17)12(18)21-11(5)13(20)19-6-2-8(14)10(16)9(15)3-6/h2-3H,18H2,1H3,(H,19,20). The third kappa shape index (κ3) is 2.82. The van der Waals surface area contributed by atoms with E-state index in [2.05, 4.69) is 5.32 Å². The van der Waals surface area contributed by atoms with Crippen LogP contribution in [-0.4, -0.2) is 5.91 Å². The first-order valence-corrected chi connectivity index (χ1v) is 6.79. The number of rotatable bonds is 2. The van der Waals surface area contributed by atoms with Gasteiger partial charge in [0.2, 0.25) is 0 Å². The third-order valence-corrected chi connectivity index (χ3v) is 4.13. The lowest BCUT2D eigenvalue weighted by Gasteiger charge is -2.06. The summed E-state index contributed by atoms with van der Waals surface area (Å²) in [5.41, 5.74) is 6.31. The number of benzene rings is 1. The molecule has 2 aromatic rings. The zero-order chi connectivity index (χ0) is 15.7. The van der Waals surface area contributed by atoms with Gasteiger partial charge in [-0.3, -0.25) is 4.79 Å². The number of thiophene rings is 1. The van der Waals surface area contributed by atoms with Crippen molar-refractivity contribution < 1.29 is 13.6 Å². The van der Waals surface area contributed by atoms with Crippen molar-refractivity contribution in [1.29, 1.82) is 5.26 Å². The summed E-state index contributed by atoms with van der Waals surface area (Å²) in [6, 6.07) is 3.81. The SMILES string of the molecule is Cc1c(C(=O)Nc2cc(F)c(F)c(Cl)c2)sc(N)c1C#N. The van der Waals surface area contributed by atoms with E-state index in [1.54, 1.807) is 6.92 Å². The van der Waals surface area contributed by atoms with Crippen molar-refractivity contribution >= 4 is 39.5 Å². The Hall–Kier alpha value is -2.17. The molecule has 1 aromatic carbocycles. The van der Waals surface area contributed by atoms with Crippen LogP contribution in [0.4, 0.5) is 19.5 Å². The molecule has 21 heavy (non-hydrogen) atoms. The average molecular weight is 328 g/mol. The summed E-state index contributed by atoms with van der Waals surface area (Å²) in [6.07, 6.45) is 0. The molecule has 0 radical (unpaired) electrons. The molecule has 0 saturated heterocycles. The monoisotopic (exact) mass is 327 g/mol. The summed E-state index contributed by atoms with van der Waals surface area (Å²) in [6.45, 7) is 1.58. The molecule has 0 fully saturated rings. The van der Waals surface area contributed by atoms with Gasteiger partial charge in [0.1, 0.15) is 11.1 Å². The Morgan fingerprint density at radius 3 is 2.67 bits per heavy atom. The highest BCUT2D eigenvalue weighted by Gasteiger charge is 2.19. The van der Waals surface area contributed by atoms with Crippen molar-refractivity contribution in [2.24, 2.45) is 0 Å². The van der Waals surface area contributed by atoms with E-state index >= 15 is 0 Å².